The molecule has 8 rings (SSSR count). The molecule has 5 heteroatoms. The van der Waals surface area contributed by atoms with Gasteiger partial charge in [-0.25, -0.2) is 4.90 Å². The molecule has 36 heavy (non-hydrogen) atoms. The van der Waals surface area contributed by atoms with Crippen molar-refractivity contribution in [2.45, 2.75) is 11.3 Å². The Morgan fingerprint density at radius 1 is 0.750 bits per heavy atom. The number of anilines is 1. The van der Waals surface area contributed by atoms with Crippen molar-refractivity contribution in [2.24, 2.45) is 16.8 Å². The number of amides is 2. The second kappa shape index (κ2) is 7.49. The van der Waals surface area contributed by atoms with Crippen molar-refractivity contribution < 1.29 is 14.7 Å². The maximum Gasteiger partial charge on any atom is 0.239 e. The Bertz CT molecular complexity index is 1530. The molecule has 1 aliphatic heterocycles. The summed E-state index contributed by atoms with van der Waals surface area (Å²) in [6.45, 7) is 0. The average molecular weight is 471 g/mol. The fourth-order valence-electron chi connectivity index (χ4n) is 6.63. The van der Waals surface area contributed by atoms with Crippen molar-refractivity contribution in [1.29, 1.82) is 0 Å². The number of nitrogens with zero attached hydrogens (tertiary/aromatic N) is 2. The average Bonchev–Trinajstić information content (AvgIpc) is 3.19. The van der Waals surface area contributed by atoms with Gasteiger partial charge in [-0.15, -0.1) is 0 Å². The fraction of sp³-hybridized carbons (Fsp3) is 0.129. The van der Waals surface area contributed by atoms with Crippen LogP contribution >= 0.6 is 0 Å². The van der Waals surface area contributed by atoms with Gasteiger partial charge < -0.3 is 5.11 Å². The summed E-state index contributed by atoms with van der Waals surface area (Å²) in [6.07, 6.45) is 1.84. The van der Waals surface area contributed by atoms with Gasteiger partial charge in [-0.1, -0.05) is 72.8 Å². The lowest BCUT2D eigenvalue weighted by Crippen LogP contribution is -2.54. The number of hydrogen-bond donors (Lipinski definition) is 1. The molecule has 0 saturated carbocycles. The summed E-state index contributed by atoms with van der Waals surface area (Å²) in [5.41, 5.74) is 4.40. The minimum atomic E-state index is -0.922. The van der Waals surface area contributed by atoms with Crippen LogP contribution in [0.2, 0.25) is 0 Å². The first kappa shape index (κ1) is 20.8. The van der Waals surface area contributed by atoms with Crippen LogP contribution in [0.1, 0.15) is 28.2 Å². The number of hydrogen-bond acceptors (Lipinski definition) is 4. The third-order valence-corrected chi connectivity index (χ3v) is 7.95. The second-order valence-electron chi connectivity index (χ2n) is 9.65. The number of aliphatic imine (C=N–C) groups is 1. The SMILES string of the molecule is O=C1[C@H]2C3c4ccccc4C(C=Nc4cccc(O)c4)(c4ccccc43)[C@H]2C(=O)N1c1ccccc1. The van der Waals surface area contributed by atoms with Crippen molar-refractivity contribution in [3.63, 3.8) is 0 Å². The van der Waals surface area contributed by atoms with E-state index in [1.165, 1.54) is 4.90 Å². The summed E-state index contributed by atoms with van der Waals surface area (Å²) < 4.78 is 0. The highest BCUT2D eigenvalue weighted by Gasteiger charge is 2.67. The van der Waals surface area contributed by atoms with Gasteiger partial charge >= 0.3 is 0 Å². The number of para-hydroxylation sites is 1. The van der Waals surface area contributed by atoms with Crippen LogP contribution in [-0.2, 0) is 15.0 Å². The molecule has 0 aromatic heterocycles. The molecule has 0 radical (unpaired) electrons. The highest BCUT2D eigenvalue weighted by Crippen LogP contribution is 2.63. The molecule has 2 amide bonds. The van der Waals surface area contributed by atoms with Crippen molar-refractivity contribution in [3.8, 4) is 5.75 Å². The quantitative estimate of drug-likeness (QED) is 0.324. The van der Waals surface area contributed by atoms with Gasteiger partial charge in [-0.05, 0) is 46.5 Å². The van der Waals surface area contributed by atoms with Crippen LogP contribution in [0.5, 0.6) is 5.75 Å². The number of carbonyl (C=O) groups excluding carboxylic acids is 2. The Morgan fingerprint density at radius 3 is 2.06 bits per heavy atom. The molecule has 174 valence electrons. The number of rotatable bonds is 3. The Morgan fingerprint density at radius 2 is 1.39 bits per heavy atom. The number of imide groups is 1. The number of phenolic OH excluding ortho intramolecular Hbond substituents is 1. The summed E-state index contributed by atoms with van der Waals surface area (Å²) in [7, 11) is 0. The minimum absolute atomic E-state index is 0.121. The molecule has 1 saturated heterocycles. The smallest absolute Gasteiger partial charge is 0.239 e. The molecule has 2 atom stereocenters. The molecule has 1 heterocycles. The van der Waals surface area contributed by atoms with Gasteiger partial charge in [-0.2, -0.15) is 0 Å². The van der Waals surface area contributed by atoms with E-state index in [2.05, 4.69) is 24.3 Å². The maximum atomic E-state index is 14.2. The normalized spacial score (nSPS) is 25.7. The first-order chi connectivity index (χ1) is 17.6. The maximum absolute atomic E-state index is 14.2. The third kappa shape index (κ3) is 2.63. The zero-order valence-electron chi connectivity index (χ0n) is 19.3. The fourth-order valence-corrected chi connectivity index (χ4v) is 6.63. The molecule has 4 aliphatic rings. The topological polar surface area (TPSA) is 70.0 Å². The Hall–Kier alpha value is -4.51. The molecule has 0 unspecified atom stereocenters. The summed E-state index contributed by atoms with van der Waals surface area (Å²) in [5.74, 6) is -1.61. The molecular weight excluding hydrogens is 448 g/mol. The summed E-state index contributed by atoms with van der Waals surface area (Å²) in [5, 5.41) is 10.0. The van der Waals surface area contributed by atoms with Crippen LogP contribution in [0.25, 0.3) is 0 Å². The van der Waals surface area contributed by atoms with E-state index in [0.717, 1.165) is 22.3 Å². The Balaban J connectivity index is 1.52. The predicted molar refractivity (Wildman–Crippen MR) is 138 cm³/mol. The van der Waals surface area contributed by atoms with E-state index in [1.807, 2.05) is 66.9 Å². The van der Waals surface area contributed by atoms with E-state index >= 15 is 0 Å². The number of aromatic hydroxyl groups is 1. The molecule has 4 aromatic carbocycles. The zero-order chi connectivity index (χ0) is 24.4. The van der Waals surface area contributed by atoms with Gasteiger partial charge in [0.2, 0.25) is 11.8 Å². The highest BCUT2D eigenvalue weighted by molar-refractivity contribution is 6.25. The van der Waals surface area contributed by atoms with Crippen molar-refractivity contribution in [3.05, 3.63) is 125 Å². The molecule has 4 aromatic rings. The van der Waals surface area contributed by atoms with E-state index < -0.39 is 17.3 Å². The van der Waals surface area contributed by atoms with Gasteiger partial charge in [-0.3, -0.25) is 14.6 Å². The van der Waals surface area contributed by atoms with Crippen molar-refractivity contribution >= 4 is 29.4 Å². The number of phenols is 1. The van der Waals surface area contributed by atoms with Gasteiger partial charge in [0.1, 0.15) is 5.75 Å². The standard InChI is InChI=1S/C31H22N2O3/c34-21-12-8-9-19(17-21)32-18-31-24-15-6-4-13-22(24)26(23-14-5-7-16-25(23)31)27-28(31)30(36)33(29(27)35)20-10-2-1-3-11-20/h1-18,26-28,34H/t26?,27-,28+,31?/m0/s1. The predicted octanol–water partition coefficient (Wildman–Crippen LogP) is 5.35. The van der Waals surface area contributed by atoms with E-state index in [1.54, 1.807) is 18.2 Å². The van der Waals surface area contributed by atoms with E-state index in [9.17, 15) is 14.7 Å². The molecule has 2 bridgehead atoms. The molecule has 5 nitrogen and oxygen atoms in total. The van der Waals surface area contributed by atoms with Crippen molar-refractivity contribution in [2.75, 3.05) is 4.90 Å². The van der Waals surface area contributed by atoms with Crippen LogP contribution in [0.3, 0.4) is 0 Å². The molecule has 0 spiro atoms. The lowest BCUT2D eigenvalue weighted by atomic mass is 9.47. The first-order valence-electron chi connectivity index (χ1n) is 12.1. The number of benzene rings is 4. The largest absolute Gasteiger partial charge is 0.508 e. The summed E-state index contributed by atoms with van der Waals surface area (Å²) >= 11 is 0. The van der Waals surface area contributed by atoms with E-state index in [0.29, 0.717) is 11.4 Å². The molecule has 3 aliphatic carbocycles. The van der Waals surface area contributed by atoms with Crippen LogP contribution in [0.15, 0.2) is 108 Å². The molecular formula is C31H22N2O3. The van der Waals surface area contributed by atoms with Crippen LogP contribution in [0.4, 0.5) is 11.4 Å². The van der Waals surface area contributed by atoms with Gasteiger partial charge in [0.25, 0.3) is 0 Å². The van der Waals surface area contributed by atoms with Gasteiger partial charge in [0.05, 0.1) is 28.6 Å². The lowest BCUT2D eigenvalue weighted by molar-refractivity contribution is -0.122. The highest BCUT2D eigenvalue weighted by atomic mass is 16.3. The van der Waals surface area contributed by atoms with Crippen molar-refractivity contribution in [1.82, 2.24) is 0 Å². The second-order valence-corrected chi connectivity index (χ2v) is 9.65. The Kier molecular flexibility index (Phi) is 4.33. The van der Waals surface area contributed by atoms with Gasteiger partial charge in [0.15, 0.2) is 0 Å². The first-order valence-corrected chi connectivity index (χ1v) is 12.1. The van der Waals surface area contributed by atoms with Crippen LogP contribution in [-0.4, -0.2) is 23.1 Å². The summed E-state index contributed by atoms with van der Waals surface area (Å²) in [6, 6.07) is 32.1. The van der Waals surface area contributed by atoms with E-state index in [-0.39, 0.29) is 23.5 Å². The third-order valence-electron chi connectivity index (χ3n) is 7.95. The molecule has 1 fully saturated rings. The molecule has 1 N–H and O–H groups in total. The van der Waals surface area contributed by atoms with Gasteiger partial charge in [0, 0.05) is 18.2 Å². The minimum Gasteiger partial charge on any atom is -0.508 e. The van der Waals surface area contributed by atoms with Crippen LogP contribution in [0, 0.1) is 11.8 Å². The van der Waals surface area contributed by atoms with E-state index in [4.69, 9.17) is 4.99 Å². The Labute approximate surface area is 208 Å². The monoisotopic (exact) mass is 470 g/mol. The summed E-state index contributed by atoms with van der Waals surface area (Å²) in [4.78, 5) is 34.5. The number of carbonyl (C=O) groups is 2. The lowest BCUT2D eigenvalue weighted by Gasteiger charge is -2.52. The zero-order valence-corrected chi connectivity index (χ0v) is 19.3. The van der Waals surface area contributed by atoms with Crippen LogP contribution < -0.4 is 4.90 Å².